The Kier molecular flexibility index (Phi) is 5.64. The molecule has 1 saturated carbocycles. The fourth-order valence-electron chi connectivity index (χ4n) is 2.59. The minimum Gasteiger partial charge on any atom is -0.409 e. The fraction of sp³-hybridized carbons (Fsp3) is 0.833. The summed E-state index contributed by atoms with van der Waals surface area (Å²) in [6.45, 7) is 1.60. The van der Waals surface area contributed by atoms with E-state index >= 15 is 0 Å². The third-order valence-electron chi connectivity index (χ3n) is 3.56. The van der Waals surface area contributed by atoms with Gasteiger partial charge in [-0.25, -0.2) is 0 Å². The minimum absolute atomic E-state index is 0.00377. The standard InChI is InChI=1S/C12H20F3N3O2/c1-7(6-10(16)18-20)17-11(19)8-4-2-3-5-9(8)12(13,14)15/h7-9,20H,2-6H2,1H3,(H2,16,18)(H,17,19). The molecule has 3 atom stereocenters. The number of nitrogens with one attached hydrogen (secondary N) is 1. The lowest BCUT2D eigenvalue weighted by molar-refractivity contribution is -0.198. The molecule has 5 nitrogen and oxygen atoms in total. The summed E-state index contributed by atoms with van der Waals surface area (Å²) in [6, 6.07) is -0.478. The van der Waals surface area contributed by atoms with Gasteiger partial charge in [-0.2, -0.15) is 13.2 Å². The van der Waals surface area contributed by atoms with E-state index < -0.39 is 30.0 Å². The number of nitrogens with zero attached hydrogens (tertiary/aromatic N) is 1. The van der Waals surface area contributed by atoms with Gasteiger partial charge in [-0.3, -0.25) is 4.79 Å². The topological polar surface area (TPSA) is 87.7 Å². The quantitative estimate of drug-likeness (QED) is 0.321. The van der Waals surface area contributed by atoms with Crippen LogP contribution in [-0.2, 0) is 4.79 Å². The van der Waals surface area contributed by atoms with Crippen LogP contribution < -0.4 is 11.1 Å². The Hall–Kier alpha value is -1.47. The molecule has 20 heavy (non-hydrogen) atoms. The number of carbonyl (C=O) groups excluding carboxylic acids is 1. The molecule has 0 heterocycles. The van der Waals surface area contributed by atoms with Gasteiger partial charge in [0.1, 0.15) is 5.84 Å². The van der Waals surface area contributed by atoms with Gasteiger partial charge < -0.3 is 16.3 Å². The van der Waals surface area contributed by atoms with Crippen molar-refractivity contribution in [2.45, 2.75) is 51.2 Å². The van der Waals surface area contributed by atoms with Crippen LogP contribution in [0.4, 0.5) is 13.2 Å². The third-order valence-corrected chi connectivity index (χ3v) is 3.56. The Morgan fingerprint density at radius 2 is 2.05 bits per heavy atom. The van der Waals surface area contributed by atoms with Crippen LogP contribution in [0, 0.1) is 11.8 Å². The van der Waals surface area contributed by atoms with Crippen LogP contribution in [0.15, 0.2) is 5.16 Å². The van der Waals surface area contributed by atoms with Crippen molar-refractivity contribution in [1.29, 1.82) is 0 Å². The molecule has 1 fully saturated rings. The van der Waals surface area contributed by atoms with Gasteiger partial charge in [0.25, 0.3) is 0 Å². The second-order valence-electron chi connectivity index (χ2n) is 5.24. The second-order valence-corrected chi connectivity index (χ2v) is 5.24. The molecule has 0 saturated heterocycles. The number of hydrogen-bond donors (Lipinski definition) is 3. The smallest absolute Gasteiger partial charge is 0.392 e. The molecule has 8 heteroatoms. The summed E-state index contributed by atoms with van der Waals surface area (Å²) in [5, 5.41) is 13.7. The van der Waals surface area contributed by atoms with E-state index in [4.69, 9.17) is 10.9 Å². The van der Waals surface area contributed by atoms with Crippen molar-refractivity contribution in [2.75, 3.05) is 0 Å². The van der Waals surface area contributed by atoms with Gasteiger partial charge in [-0.1, -0.05) is 18.0 Å². The summed E-state index contributed by atoms with van der Waals surface area (Å²) in [5.74, 6) is -3.30. The Morgan fingerprint density at radius 1 is 1.45 bits per heavy atom. The average molecular weight is 295 g/mol. The van der Waals surface area contributed by atoms with Gasteiger partial charge in [0.2, 0.25) is 5.91 Å². The number of nitrogens with two attached hydrogens (primary N) is 1. The molecule has 0 radical (unpaired) electrons. The van der Waals surface area contributed by atoms with Crippen LogP contribution in [-0.4, -0.2) is 29.2 Å². The van der Waals surface area contributed by atoms with Gasteiger partial charge in [0.15, 0.2) is 0 Å². The molecule has 0 bridgehead atoms. The normalized spacial score (nSPS) is 26.1. The lowest BCUT2D eigenvalue weighted by Crippen LogP contribution is -2.45. The van der Waals surface area contributed by atoms with E-state index in [0.717, 1.165) is 0 Å². The van der Waals surface area contributed by atoms with Crippen molar-refractivity contribution < 1.29 is 23.2 Å². The number of carbonyl (C=O) groups is 1. The highest BCUT2D eigenvalue weighted by Crippen LogP contribution is 2.41. The van der Waals surface area contributed by atoms with E-state index in [1.165, 1.54) is 0 Å². The predicted molar refractivity (Wildman–Crippen MR) is 67.1 cm³/mol. The highest BCUT2D eigenvalue weighted by molar-refractivity contribution is 5.83. The van der Waals surface area contributed by atoms with Gasteiger partial charge >= 0.3 is 6.18 Å². The lowest BCUT2D eigenvalue weighted by atomic mass is 9.78. The number of halogens is 3. The van der Waals surface area contributed by atoms with Crippen molar-refractivity contribution in [1.82, 2.24) is 5.32 Å². The van der Waals surface area contributed by atoms with Crippen molar-refractivity contribution in [3.63, 3.8) is 0 Å². The Bertz CT molecular complexity index is 371. The summed E-state index contributed by atoms with van der Waals surface area (Å²) in [7, 11) is 0. The van der Waals surface area contributed by atoms with Crippen molar-refractivity contribution in [2.24, 2.45) is 22.7 Å². The molecule has 1 aliphatic carbocycles. The largest absolute Gasteiger partial charge is 0.409 e. The summed E-state index contributed by atoms with van der Waals surface area (Å²) in [6.07, 6.45) is -2.90. The van der Waals surface area contributed by atoms with E-state index in [0.29, 0.717) is 12.8 Å². The number of oxime groups is 1. The van der Waals surface area contributed by atoms with Gasteiger partial charge in [0, 0.05) is 18.4 Å². The van der Waals surface area contributed by atoms with Gasteiger partial charge in [-0.15, -0.1) is 0 Å². The maximum absolute atomic E-state index is 12.9. The minimum atomic E-state index is -4.35. The van der Waals surface area contributed by atoms with E-state index in [-0.39, 0.29) is 25.1 Å². The molecule has 3 unspecified atom stereocenters. The van der Waals surface area contributed by atoms with Crippen LogP contribution in [0.5, 0.6) is 0 Å². The molecule has 116 valence electrons. The first kappa shape index (κ1) is 16.6. The molecule has 0 spiro atoms. The van der Waals surface area contributed by atoms with Crippen LogP contribution in [0.3, 0.4) is 0 Å². The van der Waals surface area contributed by atoms with Crippen LogP contribution in [0.25, 0.3) is 0 Å². The van der Waals surface area contributed by atoms with Crippen LogP contribution >= 0.6 is 0 Å². The predicted octanol–water partition coefficient (Wildman–Crippen LogP) is 2.00. The first-order chi connectivity index (χ1) is 9.25. The summed E-state index contributed by atoms with van der Waals surface area (Å²) in [4.78, 5) is 12.0. The highest BCUT2D eigenvalue weighted by Gasteiger charge is 2.48. The van der Waals surface area contributed by atoms with Crippen molar-refractivity contribution >= 4 is 11.7 Å². The molecule has 1 rings (SSSR count). The number of hydrogen-bond acceptors (Lipinski definition) is 3. The Balaban J connectivity index is 2.64. The molecule has 1 amide bonds. The summed E-state index contributed by atoms with van der Waals surface area (Å²) >= 11 is 0. The van der Waals surface area contributed by atoms with E-state index in [1.54, 1.807) is 6.92 Å². The van der Waals surface area contributed by atoms with E-state index in [9.17, 15) is 18.0 Å². The molecule has 4 N–H and O–H groups in total. The highest BCUT2D eigenvalue weighted by atomic mass is 19.4. The SMILES string of the molecule is CC(CC(N)=NO)NC(=O)C1CCCCC1C(F)(F)F. The summed E-state index contributed by atoms with van der Waals surface area (Å²) in [5.41, 5.74) is 5.29. The summed E-state index contributed by atoms with van der Waals surface area (Å²) < 4.78 is 38.7. The number of alkyl halides is 3. The van der Waals surface area contributed by atoms with Gasteiger partial charge in [-0.05, 0) is 19.8 Å². The Labute approximate surface area is 115 Å². The molecule has 0 aromatic rings. The number of amides is 1. The second kappa shape index (κ2) is 6.81. The Morgan fingerprint density at radius 3 is 2.60 bits per heavy atom. The zero-order chi connectivity index (χ0) is 15.3. The molecule has 0 aromatic carbocycles. The van der Waals surface area contributed by atoms with Crippen LogP contribution in [0.1, 0.15) is 39.0 Å². The zero-order valence-electron chi connectivity index (χ0n) is 11.3. The zero-order valence-corrected chi connectivity index (χ0v) is 11.3. The maximum Gasteiger partial charge on any atom is 0.392 e. The molecule has 0 aliphatic heterocycles. The number of rotatable bonds is 4. The first-order valence-corrected chi connectivity index (χ1v) is 6.59. The van der Waals surface area contributed by atoms with E-state index in [1.807, 2.05) is 0 Å². The monoisotopic (exact) mass is 295 g/mol. The van der Waals surface area contributed by atoms with Crippen molar-refractivity contribution in [3.05, 3.63) is 0 Å². The van der Waals surface area contributed by atoms with Crippen LogP contribution in [0.2, 0.25) is 0 Å². The first-order valence-electron chi connectivity index (χ1n) is 6.59. The molecular weight excluding hydrogens is 275 g/mol. The maximum atomic E-state index is 12.9. The average Bonchev–Trinajstić information content (AvgIpc) is 2.37. The molecule has 0 aromatic heterocycles. The van der Waals surface area contributed by atoms with Crippen molar-refractivity contribution in [3.8, 4) is 0 Å². The fourth-order valence-corrected chi connectivity index (χ4v) is 2.59. The van der Waals surface area contributed by atoms with E-state index in [2.05, 4.69) is 10.5 Å². The third kappa shape index (κ3) is 4.57. The molecule has 1 aliphatic rings. The van der Waals surface area contributed by atoms with Gasteiger partial charge in [0.05, 0.1) is 5.92 Å². The lowest BCUT2D eigenvalue weighted by Gasteiger charge is -2.32. The number of amidine groups is 1. The molecular formula is C12H20F3N3O2.